The van der Waals surface area contributed by atoms with Gasteiger partial charge in [0.25, 0.3) is 0 Å². The summed E-state index contributed by atoms with van der Waals surface area (Å²) in [5.41, 5.74) is 1.68. The molecule has 0 saturated heterocycles. The van der Waals surface area contributed by atoms with Crippen molar-refractivity contribution in [3.05, 3.63) is 29.3 Å². The summed E-state index contributed by atoms with van der Waals surface area (Å²) in [7, 11) is 2.53. The van der Waals surface area contributed by atoms with Crippen molar-refractivity contribution in [1.29, 1.82) is 0 Å². The van der Waals surface area contributed by atoms with E-state index < -0.39 is 0 Å². The summed E-state index contributed by atoms with van der Waals surface area (Å²) < 4.78 is 0. The van der Waals surface area contributed by atoms with Crippen LogP contribution in [0.4, 0.5) is 0 Å². The first-order valence-corrected chi connectivity index (χ1v) is 3.94. The lowest BCUT2D eigenvalue weighted by molar-refractivity contribution is 0.276. The normalized spacial score (nSPS) is 10.1. The lowest BCUT2D eigenvalue weighted by Crippen LogP contribution is -2.02. The molecular weight excluding hydrogens is 159 g/mol. The maximum absolute atomic E-state index is 8.84. The molecule has 0 bridgehead atoms. The molecule has 0 aliphatic carbocycles. The highest BCUT2D eigenvalue weighted by molar-refractivity contribution is 7.27. The average molecular weight is 170 g/mol. The van der Waals surface area contributed by atoms with Crippen molar-refractivity contribution in [2.75, 3.05) is 0 Å². The van der Waals surface area contributed by atoms with E-state index in [-0.39, 0.29) is 13.2 Å². The Balaban J connectivity index is 3.02. The molecule has 11 heavy (non-hydrogen) atoms. The topological polar surface area (TPSA) is 40.5 Å². The van der Waals surface area contributed by atoms with Gasteiger partial charge in [-0.2, -0.15) is 0 Å². The molecule has 0 aromatic heterocycles. The summed E-state index contributed by atoms with van der Waals surface area (Å²) in [4.78, 5) is 0. The minimum atomic E-state index is 0.0205. The Labute approximate surface area is 68.1 Å². The summed E-state index contributed by atoms with van der Waals surface area (Å²) in [5.74, 6) is 0. The van der Waals surface area contributed by atoms with Crippen molar-refractivity contribution in [1.82, 2.24) is 0 Å². The standard InChI is InChI=1S/C8H11O2P/c9-4-6-1-2-8(11)7(3-6)5-10/h1-3,9-10H,4-5,11H2. The van der Waals surface area contributed by atoms with Gasteiger partial charge in [0.15, 0.2) is 0 Å². The molecule has 0 radical (unpaired) electrons. The van der Waals surface area contributed by atoms with Crippen LogP contribution in [-0.2, 0) is 13.2 Å². The molecule has 1 aromatic carbocycles. The molecule has 0 spiro atoms. The van der Waals surface area contributed by atoms with Gasteiger partial charge in [0, 0.05) is 0 Å². The zero-order chi connectivity index (χ0) is 8.27. The van der Waals surface area contributed by atoms with E-state index in [1.165, 1.54) is 0 Å². The molecular formula is C8H11O2P. The summed E-state index contributed by atoms with van der Waals surface area (Å²) in [6.07, 6.45) is 0. The maximum atomic E-state index is 8.84. The van der Waals surface area contributed by atoms with Crippen LogP contribution in [0.2, 0.25) is 0 Å². The van der Waals surface area contributed by atoms with Gasteiger partial charge in [0.2, 0.25) is 0 Å². The minimum Gasteiger partial charge on any atom is -0.392 e. The van der Waals surface area contributed by atoms with E-state index in [2.05, 4.69) is 9.24 Å². The smallest absolute Gasteiger partial charge is 0.0687 e. The van der Waals surface area contributed by atoms with Gasteiger partial charge in [0.05, 0.1) is 13.2 Å². The highest BCUT2D eigenvalue weighted by Crippen LogP contribution is 2.05. The summed E-state index contributed by atoms with van der Waals surface area (Å²) in [5, 5.41) is 18.6. The number of hydrogen-bond donors (Lipinski definition) is 2. The van der Waals surface area contributed by atoms with E-state index in [0.717, 1.165) is 16.4 Å². The maximum Gasteiger partial charge on any atom is 0.0687 e. The fourth-order valence-corrected chi connectivity index (χ4v) is 1.17. The number of hydrogen-bond acceptors (Lipinski definition) is 2. The fourth-order valence-electron chi connectivity index (χ4n) is 0.894. The van der Waals surface area contributed by atoms with Gasteiger partial charge in [-0.15, -0.1) is 9.24 Å². The van der Waals surface area contributed by atoms with Gasteiger partial charge in [-0.05, 0) is 16.4 Å². The average Bonchev–Trinajstić information content (AvgIpc) is 2.05. The zero-order valence-electron chi connectivity index (χ0n) is 6.12. The highest BCUT2D eigenvalue weighted by atomic mass is 31.0. The molecule has 1 atom stereocenters. The third-order valence-corrected chi connectivity index (χ3v) is 2.12. The number of benzene rings is 1. The Bertz CT molecular complexity index is 248. The third-order valence-electron chi connectivity index (χ3n) is 1.56. The second-order valence-corrected chi connectivity index (χ2v) is 2.97. The van der Waals surface area contributed by atoms with Crippen LogP contribution >= 0.6 is 9.24 Å². The van der Waals surface area contributed by atoms with Gasteiger partial charge in [-0.3, -0.25) is 0 Å². The zero-order valence-corrected chi connectivity index (χ0v) is 7.27. The number of aliphatic hydroxyl groups excluding tert-OH is 2. The lowest BCUT2D eigenvalue weighted by Gasteiger charge is -2.03. The molecule has 60 valence electrons. The second kappa shape index (κ2) is 3.82. The van der Waals surface area contributed by atoms with E-state index in [4.69, 9.17) is 10.2 Å². The first kappa shape index (κ1) is 8.66. The first-order chi connectivity index (χ1) is 5.27. The van der Waals surface area contributed by atoms with E-state index >= 15 is 0 Å². The molecule has 1 unspecified atom stereocenters. The van der Waals surface area contributed by atoms with E-state index in [0.29, 0.717) is 0 Å². The third kappa shape index (κ3) is 2.00. The molecule has 0 amide bonds. The van der Waals surface area contributed by atoms with Crippen LogP contribution in [0.3, 0.4) is 0 Å². The molecule has 0 heterocycles. The van der Waals surface area contributed by atoms with E-state index in [1.54, 1.807) is 6.07 Å². The number of aliphatic hydroxyl groups is 2. The quantitative estimate of drug-likeness (QED) is 0.621. The van der Waals surface area contributed by atoms with Crippen molar-refractivity contribution in [2.45, 2.75) is 13.2 Å². The summed E-state index contributed by atoms with van der Waals surface area (Å²) in [6.45, 7) is 0.0462. The Kier molecular flexibility index (Phi) is 3.01. The van der Waals surface area contributed by atoms with Gasteiger partial charge >= 0.3 is 0 Å². The lowest BCUT2D eigenvalue weighted by atomic mass is 10.1. The summed E-state index contributed by atoms with van der Waals surface area (Å²) in [6, 6.07) is 5.49. The monoisotopic (exact) mass is 170 g/mol. The molecule has 0 aliphatic heterocycles. The molecule has 0 fully saturated rings. The largest absolute Gasteiger partial charge is 0.392 e. The van der Waals surface area contributed by atoms with Crippen LogP contribution in [0.1, 0.15) is 11.1 Å². The molecule has 1 rings (SSSR count). The van der Waals surface area contributed by atoms with Crippen LogP contribution in [0, 0.1) is 0 Å². The van der Waals surface area contributed by atoms with Gasteiger partial charge in [0.1, 0.15) is 0 Å². The van der Waals surface area contributed by atoms with Crippen molar-refractivity contribution in [3.8, 4) is 0 Å². The van der Waals surface area contributed by atoms with Crippen LogP contribution < -0.4 is 5.30 Å². The van der Waals surface area contributed by atoms with Crippen molar-refractivity contribution >= 4 is 14.5 Å². The molecule has 1 aromatic rings. The van der Waals surface area contributed by atoms with Gasteiger partial charge < -0.3 is 10.2 Å². The molecule has 0 aliphatic rings. The van der Waals surface area contributed by atoms with Crippen molar-refractivity contribution in [3.63, 3.8) is 0 Å². The highest BCUT2D eigenvalue weighted by Gasteiger charge is 1.97. The van der Waals surface area contributed by atoms with Crippen molar-refractivity contribution < 1.29 is 10.2 Å². The van der Waals surface area contributed by atoms with Gasteiger partial charge in [-0.1, -0.05) is 18.2 Å². The predicted octanol–water partition coefficient (Wildman–Crippen LogP) is 0.172. The summed E-state index contributed by atoms with van der Waals surface area (Å²) >= 11 is 0. The SMILES string of the molecule is OCc1ccc(P)c(CO)c1. The van der Waals surface area contributed by atoms with E-state index in [1.807, 2.05) is 12.1 Å². The van der Waals surface area contributed by atoms with Crippen LogP contribution in [0.25, 0.3) is 0 Å². The molecule has 2 N–H and O–H groups in total. The second-order valence-electron chi connectivity index (χ2n) is 2.35. The first-order valence-electron chi connectivity index (χ1n) is 3.37. The Morgan fingerprint density at radius 2 is 1.91 bits per heavy atom. The van der Waals surface area contributed by atoms with Crippen LogP contribution in [0.5, 0.6) is 0 Å². The van der Waals surface area contributed by atoms with Crippen LogP contribution in [-0.4, -0.2) is 10.2 Å². The predicted molar refractivity (Wildman–Crippen MR) is 47.6 cm³/mol. The van der Waals surface area contributed by atoms with Crippen molar-refractivity contribution in [2.24, 2.45) is 0 Å². The Morgan fingerprint density at radius 3 is 2.45 bits per heavy atom. The molecule has 0 saturated carbocycles. The molecule has 3 heteroatoms. The Morgan fingerprint density at radius 1 is 1.18 bits per heavy atom. The Hall–Kier alpha value is -0.430. The van der Waals surface area contributed by atoms with Crippen LogP contribution in [0.15, 0.2) is 18.2 Å². The minimum absolute atomic E-state index is 0.0205. The number of rotatable bonds is 2. The van der Waals surface area contributed by atoms with E-state index in [9.17, 15) is 0 Å². The molecule has 2 nitrogen and oxygen atoms in total. The fraction of sp³-hybridized carbons (Fsp3) is 0.250. The van der Waals surface area contributed by atoms with Gasteiger partial charge in [-0.25, -0.2) is 0 Å².